The van der Waals surface area contributed by atoms with Gasteiger partial charge in [0.25, 0.3) is 0 Å². The van der Waals surface area contributed by atoms with E-state index in [0.29, 0.717) is 17.8 Å². The van der Waals surface area contributed by atoms with E-state index >= 15 is 0 Å². The number of aliphatic hydroxyl groups is 1. The first-order valence-electron chi connectivity index (χ1n) is 12.1. The molecule has 7 heteroatoms. The van der Waals surface area contributed by atoms with E-state index < -0.39 is 6.29 Å². The first-order valence-corrected chi connectivity index (χ1v) is 12.1. The molecule has 0 unspecified atom stereocenters. The van der Waals surface area contributed by atoms with Gasteiger partial charge in [-0.25, -0.2) is 0 Å². The molecule has 2 fully saturated rings. The van der Waals surface area contributed by atoms with E-state index in [2.05, 4.69) is 26.8 Å². The van der Waals surface area contributed by atoms with Gasteiger partial charge in [-0.2, -0.15) is 0 Å². The molecule has 1 saturated carbocycles. The predicted molar refractivity (Wildman–Crippen MR) is 128 cm³/mol. The summed E-state index contributed by atoms with van der Waals surface area (Å²) in [5.41, 5.74) is 0.988. The first-order chi connectivity index (χ1) is 15.8. The number of allylic oxidation sites excluding steroid dienone is 2. The summed E-state index contributed by atoms with van der Waals surface area (Å²) >= 11 is 0. The second-order valence-corrected chi connectivity index (χ2v) is 9.51. The number of aliphatic hydroxyl groups excluding tert-OH is 1. The van der Waals surface area contributed by atoms with Crippen LogP contribution < -0.4 is 0 Å². The van der Waals surface area contributed by atoms with E-state index in [1.165, 1.54) is 0 Å². The molecule has 1 saturated heterocycles. The van der Waals surface area contributed by atoms with Crippen molar-refractivity contribution < 1.29 is 33.5 Å². The minimum Gasteiger partial charge on any atom is -0.392 e. The number of rotatable bonds is 13. The third kappa shape index (κ3) is 6.66. The number of hydrogen-bond donors (Lipinski definition) is 1. The molecule has 0 bridgehead atoms. The van der Waals surface area contributed by atoms with Crippen LogP contribution in [-0.2, 0) is 28.4 Å². The molecule has 11 atom stereocenters. The van der Waals surface area contributed by atoms with E-state index in [0.717, 1.165) is 18.4 Å². The summed E-state index contributed by atoms with van der Waals surface area (Å²) in [6.07, 6.45) is 6.10. The van der Waals surface area contributed by atoms with E-state index in [1.54, 1.807) is 35.5 Å². The smallest absolute Gasteiger partial charge is 0.186 e. The zero-order chi connectivity index (χ0) is 24.7. The van der Waals surface area contributed by atoms with Crippen LogP contribution in [-0.4, -0.2) is 83.6 Å². The van der Waals surface area contributed by atoms with Gasteiger partial charge in [0.1, 0.15) is 24.4 Å². The standard InChI is InChI=1S/C26H46O7/c1-10-20(28-5)17(4)18-14-19(18)21(27)15(2)12-11-13-16(3)22-23(29-6)24(30-7)25(31-8)26(32-9)33-22/h11-13,15,17-27H,10,14H2,1-9H3/b12-11+,16-13+/t15-,17-,18+,19-,20-,21+,22-,23+,24-,25+,26-/m0/s1. The Morgan fingerprint density at radius 1 is 0.970 bits per heavy atom. The quantitative estimate of drug-likeness (QED) is 0.412. The molecule has 0 radical (unpaired) electrons. The van der Waals surface area contributed by atoms with Gasteiger partial charge < -0.3 is 33.5 Å². The lowest BCUT2D eigenvalue weighted by Gasteiger charge is -2.44. The van der Waals surface area contributed by atoms with Crippen molar-refractivity contribution in [1.29, 1.82) is 0 Å². The Morgan fingerprint density at radius 3 is 2.12 bits per heavy atom. The lowest BCUT2D eigenvalue weighted by Crippen LogP contribution is -2.60. The van der Waals surface area contributed by atoms with Crippen molar-refractivity contribution in [2.75, 3.05) is 35.5 Å². The van der Waals surface area contributed by atoms with Gasteiger partial charge in [0.15, 0.2) is 6.29 Å². The number of ether oxygens (including phenoxy) is 6. The molecule has 0 amide bonds. The van der Waals surface area contributed by atoms with Gasteiger partial charge in [0, 0.05) is 41.5 Å². The third-order valence-corrected chi connectivity index (χ3v) is 7.60. The van der Waals surface area contributed by atoms with Crippen LogP contribution in [0.15, 0.2) is 23.8 Å². The Labute approximate surface area is 200 Å². The number of hydrogen-bond acceptors (Lipinski definition) is 7. The van der Waals surface area contributed by atoms with Crippen LogP contribution in [0, 0.1) is 23.7 Å². The van der Waals surface area contributed by atoms with Gasteiger partial charge in [0.2, 0.25) is 0 Å². The van der Waals surface area contributed by atoms with E-state index in [4.69, 9.17) is 28.4 Å². The van der Waals surface area contributed by atoms with Crippen LogP contribution in [0.1, 0.15) is 40.5 Å². The third-order valence-electron chi connectivity index (χ3n) is 7.60. The SMILES string of the molecule is CC[C@H](OC)[C@@H](C)[C@H]1C[C@@H]1[C@H](O)[C@@H](C)/C=C/C=C(\C)[C@@H]1O[C@H](OC)[C@H](OC)[C@@H](OC)[C@@H]1OC. The highest BCUT2D eigenvalue weighted by Gasteiger charge is 2.49. The Kier molecular flexibility index (Phi) is 11.5. The topological polar surface area (TPSA) is 75.6 Å². The van der Waals surface area contributed by atoms with Gasteiger partial charge in [-0.05, 0) is 43.1 Å². The molecule has 1 aliphatic heterocycles. The Morgan fingerprint density at radius 2 is 1.61 bits per heavy atom. The summed E-state index contributed by atoms with van der Waals surface area (Å²) in [6, 6.07) is 0. The number of methoxy groups -OCH3 is 5. The Bertz CT molecular complexity index is 632. The average molecular weight is 471 g/mol. The van der Waals surface area contributed by atoms with Crippen LogP contribution in [0.25, 0.3) is 0 Å². The summed E-state index contributed by atoms with van der Waals surface area (Å²) < 4.78 is 34.2. The molecule has 0 aromatic rings. The summed E-state index contributed by atoms with van der Waals surface area (Å²) in [5.74, 6) is 1.39. The second kappa shape index (κ2) is 13.3. The van der Waals surface area contributed by atoms with Crippen molar-refractivity contribution in [2.45, 2.75) is 83.5 Å². The maximum absolute atomic E-state index is 10.9. The Balaban J connectivity index is 2.02. The van der Waals surface area contributed by atoms with Gasteiger partial charge in [0.05, 0.1) is 12.2 Å². The fourth-order valence-corrected chi connectivity index (χ4v) is 5.38. The Hall–Kier alpha value is -0.800. The van der Waals surface area contributed by atoms with Crippen LogP contribution in [0.2, 0.25) is 0 Å². The molecule has 192 valence electrons. The van der Waals surface area contributed by atoms with E-state index in [-0.39, 0.29) is 42.5 Å². The molecule has 7 nitrogen and oxygen atoms in total. The molecule has 2 aliphatic rings. The predicted octanol–water partition coefficient (Wildman–Crippen LogP) is 3.60. The average Bonchev–Trinajstić information content (AvgIpc) is 3.63. The summed E-state index contributed by atoms with van der Waals surface area (Å²) in [4.78, 5) is 0. The molecule has 2 rings (SSSR count). The van der Waals surface area contributed by atoms with E-state index in [9.17, 15) is 5.11 Å². The highest BCUT2D eigenvalue weighted by atomic mass is 16.7. The molecule has 1 N–H and O–H groups in total. The maximum Gasteiger partial charge on any atom is 0.186 e. The zero-order valence-corrected chi connectivity index (χ0v) is 21.9. The molecule has 0 spiro atoms. The summed E-state index contributed by atoms with van der Waals surface area (Å²) in [5, 5.41) is 10.9. The minimum atomic E-state index is -0.558. The van der Waals surface area contributed by atoms with Crippen molar-refractivity contribution >= 4 is 0 Å². The fraction of sp³-hybridized carbons (Fsp3) is 0.846. The van der Waals surface area contributed by atoms with Gasteiger partial charge in [-0.3, -0.25) is 0 Å². The lowest BCUT2D eigenvalue weighted by atomic mass is 9.91. The highest BCUT2D eigenvalue weighted by molar-refractivity contribution is 5.19. The van der Waals surface area contributed by atoms with Crippen molar-refractivity contribution in [2.24, 2.45) is 23.7 Å². The van der Waals surface area contributed by atoms with Gasteiger partial charge >= 0.3 is 0 Å². The minimum absolute atomic E-state index is 0.0562. The monoisotopic (exact) mass is 470 g/mol. The van der Waals surface area contributed by atoms with Crippen LogP contribution in [0.3, 0.4) is 0 Å². The molecule has 1 heterocycles. The van der Waals surface area contributed by atoms with Gasteiger partial charge in [-0.15, -0.1) is 0 Å². The fourth-order valence-electron chi connectivity index (χ4n) is 5.38. The normalized spacial score (nSPS) is 36.5. The summed E-state index contributed by atoms with van der Waals surface area (Å²) in [7, 11) is 8.27. The van der Waals surface area contributed by atoms with Crippen molar-refractivity contribution in [3.05, 3.63) is 23.8 Å². The maximum atomic E-state index is 10.9. The molecule has 33 heavy (non-hydrogen) atoms. The van der Waals surface area contributed by atoms with Crippen LogP contribution >= 0.6 is 0 Å². The van der Waals surface area contributed by atoms with Crippen molar-refractivity contribution in [3.8, 4) is 0 Å². The zero-order valence-electron chi connectivity index (χ0n) is 21.9. The van der Waals surface area contributed by atoms with Crippen molar-refractivity contribution in [3.63, 3.8) is 0 Å². The largest absolute Gasteiger partial charge is 0.392 e. The second-order valence-electron chi connectivity index (χ2n) is 9.51. The van der Waals surface area contributed by atoms with Crippen molar-refractivity contribution in [1.82, 2.24) is 0 Å². The molecular formula is C26H46O7. The summed E-state index contributed by atoms with van der Waals surface area (Å²) in [6.45, 7) is 8.47. The molecular weight excluding hydrogens is 424 g/mol. The lowest BCUT2D eigenvalue weighted by molar-refractivity contribution is -0.295. The molecule has 0 aromatic carbocycles. The van der Waals surface area contributed by atoms with E-state index in [1.807, 2.05) is 19.1 Å². The van der Waals surface area contributed by atoms with Gasteiger partial charge in [-0.1, -0.05) is 39.0 Å². The van der Waals surface area contributed by atoms with Crippen LogP contribution in [0.4, 0.5) is 0 Å². The highest BCUT2D eigenvalue weighted by Crippen LogP contribution is 2.49. The first kappa shape index (κ1) is 28.4. The molecule has 0 aromatic heterocycles. The molecule has 1 aliphatic carbocycles. The van der Waals surface area contributed by atoms with Crippen LogP contribution in [0.5, 0.6) is 0 Å².